The van der Waals surface area contributed by atoms with Gasteiger partial charge in [-0.15, -0.1) is 0 Å². The molecule has 1 saturated carbocycles. The average molecular weight is 342 g/mol. The highest BCUT2D eigenvalue weighted by Gasteiger charge is 2.15. The van der Waals surface area contributed by atoms with Crippen LogP contribution in [0.5, 0.6) is 0 Å². The number of benzene rings is 1. The molecule has 1 aliphatic carbocycles. The van der Waals surface area contributed by atoms with E-state index in [1.165, 1.54) is 37.8 Å². The third-order valence-electron chi connectivity index (χ3n) is 4.36. The van der Waals surface area contributed by atoms with E-state index in [1.807, 2.05) is 0 Å². The molecule has 0 radical (unpaired) electrons. The van der Waals surface area contributed by atoms with Crippen molar-refractivity contribution in [3.05, 3.63) is 47.7 Å². The first-order valence-corrected chi connectivity index (χ1v) is 8.79. The van der Waals surface area contributed by atoms with Gasteiger partial charge in [0, 0.05) is 17.8 Å². The van der Waals surface area contributed by atoms with Gasteiger partial charge in [-0.2, -0.15) is 0 Å². The smallest absolute Gasteiger partial charge is 0.274 e. The zero-order valence-electron chi connectivity index (χ0n) is 14.4. The molecule has 0 saturated heterocycles. The first kappa shape index (κ1) is 17.3. The fourth-order valence-electron chi connectivity index (χ4n) is 3.15. The number of nitrogens with one attached hydrogen (secondary N) is 2. The van der Waals surface area contributed by atoms with Crippen molar-refractivity contribution < 1.29 is 9.18 Å². The van der Waals surface area contributed by atoms with Crippen LogP contribution in [0.15, 0.2) is 30.3 Å². The van der Waals surface area contributed by atoms with Gasteiger partial charge in [-0.25, -0.2) is 14.4 Å². The summed E-state index contributed by atoms with van der Waals surface area (Å²) in [4.78, 5) is 21.0. The molecule has 3 rings (SSSR count). The lowest BCUT2D eigenvalue weighted by atomic mass is 10.1. The van der Waals surface area contributed by atoms with E-state index in [0.29, 0.717) is 23.4 Å². The number of aryl methyl sites for hydroxylation is 1. The van der Waals surface area contributed by atoms with Gasteiger partial charge in [0.05, 0.1) is 0 Å². The topological polar surface area (TPSA) is 66.9 Å². The number of aromatic nitrogens is 2. The third kappa shape index (κ3) is 4.98. The van der Waals surface area contributed by atoms with Crippen LogP contribution in [-0.4, -0.2) is 21.9 Å². The monoisotopic (exact) mass is 342 g/mol. The number of rotatable bonds is 4. The molecule has 2 aromatic rings. The van der Waals surface area contributed by atoms with E-state index < -0.39 is 5.82 Å². The van der Waals surface area contributed by atoms with Crippen molar-refractivity contribution >= 4 is 17.4 Å². The minimum absolute atomic E-state index is 0.271. The highest BCUT2D eigenvalue weighted by Crippen LogP contribution is 2.21. The number of carbonyl (C=O) groups excluding carboxylic acids is 1. The molecule has 1 aromatic carbocycles. The van der Waals surface area contributed by atoms with Crippen LogP contribution in [-0.2, 0) is 0 Å². The summed E-state index contributed by atoms with van der Waals surface area (Å²) in [6, 6.07) is 7.84. The Morgan fingerprint density at radius 3 is 2.60 bits per heavy atom. The Morgan fingerprint density at radius 1 is 1.12 bits per heavy atom. The Kier molecular flexibility index (Phi) is 5.58. The van der Waals surface area contributed by atoms with Gasteiger partial charge in [-0.05, 0) is 38.0 Å². The number of amides is 1. The highest BCUT2D eigenvalue weighted by molar-refractivity contribution is 6.03. The zero-order valence-corrected chi connectivity index (χ0v) is 14.4. The molecule has 132 valence electrons. The fraction of sp³-hybridized carbons (Fsp3) is 0.421. The van der Waals surface area contributed by atoms with Crippen LogP contribution in [0.25, 0.3) is 0 Å². The lowest BCUT2D eigenvalue weighted by molar-refractivity contribution is 0.102. The van der Waals surface area contributed by atoms with Crippen molar-refractivity contribution in [3.63, 3.8) is 0 Å². The second kappa shape index (κ2) is 8.05. The molecule has 5 nitrogen and oxygen atoms in total. The number of nitrogens with zero attached hydrogens (tertiary/aromatic N) is 2. The van der Waals surface area contributed by atoms with E-state index in [2.05, 4.69) is 20.6 Å². The Morgan fingerprint density at radius 2 is 1.88 bits per heavy atom. The van der Waals surface area contributed by atoms with Gasteiger partial charge < -0.3 is 10.6 Å². The number of carbonyl (C=O) groups is 1. The van der Waals surface area contributed by atoms with Crippen molar-refractivity contribution in [1.82, 2.24) is 9.97 Å². The molecule has 6 heteroatoms. The minimum Gasteiger partial charge on any atom is -0.367 e. The summed E-state index contributed by atoms with van der Waals surface area (Å²) in [5, 5.41) is 6.11. The molecule has 25 heavy (non-hydrogen) atoms. The van der Waals surface area contributed by atoms with Crippen molar-refractivity contribution in [1.29, 1.82) is 0 Å². The van der Waals surface area contributed by atoms with E-state index in [0.717, 1.165) is 12.8 Å². The Hall–Kier alpha value is -2.50. The molecule has 1 heterocycles. The van der Waals surface area contributed by atoms with Gasteiger partial charge >= 0.3 is 0 Å². The summed E-state index contributed by atoms with van der Waals surface area (Å²) >= 11 is 0. The van der Waals surface area contributed by atoms with Gasteiger partial charge in [0.25, 0.3) is 5.91 Å². The summed E-state index contributed by atoms with van der Waals surface area (Å²) in [6.07, 6.45) is 7.23. The Balaban J connectivity index is 1.72. The SMILES string of the molecule is Cc1nc(NC2CCCCCC2)cc(C(=O)Nc2cccc(F)c2)n1. The molecule has 0 unspecified atom stereocenters. The summed E-state index contributed by atoms with van der Waals surface area (Å²) in [5.74, 6) is 0.430. The maximum Gasteiger partial charge on any atom is 0.274 e. The quantitative estimate of drug-likeness (QED) is 0.813. The second-order valence-corrected chi connectivity index (χ2v) is 6.48. The standard InChI is InChI=1S/C19H23FN4O/c1-13-21-17(19(25)24-16-10-6-7-14(20)11-16)12-18(22-13)23-15-8-4-2-3-5-9-15/h6-7,10-12,15H,2-5,8-9H2,1H3,(H,24,25)(H,21,22,23). The van der Waals surface area contributed by atoms with Gasteiger partial charge in [0.15, 0.2) is 0 Å². The number of halogens is 1. The number of anilines is 2. The van der Waals surface area contributed by atoms with Crippen LogP contribution in [0.1, 0.15) is 54.8 Å². The normalized spacial score (nSPS) is 15.4. The van der Waals surface area contributed by atoms with E-state index in [1.54, 1.807) is 25.1 Å². The van der Waals surface area contributed by atoms with Crippen LogP contribution < -0.4 is 10.6 Å². The maximum absolute atomic E-state index is 13.3. The van der Waals surface area contributed by atoms with Crippen LogP contribution in [0.2, 0.25) is 0 Å². The van der Waals surface area contributed by atoms with Crippen molar-refractivity contribution in [3.8, 4) is 0 Å². The molecule has 1 aliphatic rings. The van der Waals surface area contributed by atoms with E-state index >= 15 is 0 Å². The molecule has 1 fully saturated rings. The molecule has 2 N–H and O–H groups in total. The summed E-state index contributed by atoms with van der Waals surface area (Å²) < 4.78 is 13.3. The van der Waals surface area contributed by atoms with Crippen molar-refractivity contribution in [2.24, 2.45) is 0 Å². The molecule has 0 bridgehead atoms. The van der Waals surface area contributed by atoms with E-state index in [-0.39, 0.29) is 11.6 Å². The third-order valence-corrected chi connectivity index (χ3v) is 4.36. The molecule has 1 amide bonds. The first-order chi connectivity index (χ1) is 12.1. The molecular weight excluding hydrogens is 319 g/mol. The van der Waals surface area contributed by atoms with Gasteiger partial charge in [-0.3, -0.25) is 4.79 Å². The number of hydrogen-bond acceptors (Lipinski definition) is 4. The summed E-state index contributed by atoms with van der Waals surface area (Å²) in [6.45, 7) is 1.76. The Labute approximate surface area is 147 Å². The first-order valence-electron chi connectivity index (χ1n) is 8.79. The van der Waals surface area contributed by atoms with Gasteiger partial charge in [0.2, 0.25) is 0 Å². The predicted molar refractivity (Wildman–Crippen MR) is 96.2 cm³/mol. The second-order valence-electron chi connectivity index (χ2n) is 6.48. The maximum atomic E-state index is 13.3. The van der Waals surface area contributed by atoms with Crippen molar-refractivity contribution in [2.75, 3.05) is 10.6 Å². The van der Waals surface area contributed by atoms with Crippen LogP contribution in [0, 0.1) is 12.7 Å². The molecule has 1 aromatic heterocycles. The molecule has 0 aliphatic heterocycles. The molecule has 0 spiro atoms. The minimum atomic E-state index is -0.396. The zero-order chi connectivity index (χ0) is 17.6. The highest BCUT2D eigenvalue weighted by atomic mass is 19.1. The average Bonchev–Trinajstić information content (AvgIpc) is 2.83. The molecule has 0 atom stereocenters. The van der Waals surface area contributed by atoms with Gasteiger partial charge in [-0.1, -0.05) is 31.7 Å². The van der Waals surface area contributed by atoms with Crippen molar-refractivity contribution in [2.45, 2.75) is 51.5 Å². The predicted octanol–water partition coefficient (Wildman–Crippen LogP) is 4.31. The largest absolute Gasteiger partial charge is 0.367 e. The lowest BCUT2D eigenvalue weighted by Gasteiger charge is -2.17. The van der Waals surface area contributed by atoms with E-state index in [9.17, 15) is 9.18 Å². The lowest BCUT2D eigenvalue weighted by Crippen LogP contribution is -2.21. The summed E-state index contributed by atoms with van der Waals surface area (Å²) in [7, 11) is 0. The fourth-order valence-corrected chi connectivity index (χ4v) is 3.15. The van der Waals surface area contributed by atoms with Crippen LogP contribution in [0.3, 0.4) is 0 Å². The van der Waals surface area contributed by atoms with E-state index in [4.69, 9.17) is 0 Å². The molecular formula is C19H23FN4O. The Bertz CT molecular complexity index is 742. The summed E-state index contributed by atoms with van der Waals surface area (Å²) in [5.41, 5.74) is 0.674. The van der Waals surface area contributed by atoms with Crippen LogP contribution >= 0.6 is 0 Å². The van der Waals surface area contributed by atoms with Gasteiger partial charge in [0.1, 0.15) is 23.2 Å². The number of hydrogen-bond donors (Lipinski definition) is 2. The van der Waals surface area contributed by atoms with Crippen LogP contribution in [0.4, 0.5) is 15.9 Å².